The highest BCUT2D eigenvalue weighted by atomic mass is 35.5. The maximum absolute atomic E-state index is 6.31. The SMILES string of the molecule is Cl.Cl.Cl.Clc1ccc(CN(CCn2cncn2)CCn2cncn2)c(Cl)c1. The summed E-state index contributed by atoms with van der Waals surface area (Å²) in [6.45, 7) is 3.86. The van der Waals surface area contributed by atoms with E-state index in [1.54, 1.807) is 18.7 Å². The first kappa shape index (κ1) is 25.9. The first-order valence-corrected chi connectivity index (χ1v) is 8.27. The molecule has 0 amide bonds. The van der Waals surface area contributed by atoms with E-state index in [1.807, 2.05) is 21.5 Å². The van der Waals surface area contributed by atoms with Gasteiger partial charge in [0.2, 0.25) is 0 Å². The quantitative estimate of drug-likeness (QED) is 0.498. The molecular formula is C15H20Cl5N7. The first-order chi connectivity index (χ1) is 11.7. The molecule has 0 N–H and O–H groups in total. The molecule has 0 radical (unpaired) electrons. The Bertz CT molecular complexity index is 714. The van der Waals surface area contributed by atoms with Gasteiger partial charge in [-0.2, -0.15) is 10.2 Å². The highest BCUT2D eigenvalue weighted by Crippen LogP contribution is 2.22. The molecule has 7 nitrogen and oxygen atoms in total. The van der Waals surface area contributed by atoms with E-state index in [9.17, 15) is 0 Å². The lowest BCUT2D eigenvalue weighted by Gasteiger charge is -2.23. The lowest BCUT2D eigenvalue weighted by Crippen LogP contribution is -2.31. The van der Waals surface area contributed by atoms with E-state index in [0.717, 1.165) is 38.3 Å². The summed E-state index contributed by atoms with van der Waals surface area (Å²) in [4.78, 5) is 10.2. The number of hydrogen-bond acceptors (Lipinski definition) is 5. The van der Waals surface area contributed by atoms with Crippen LogP contribution in [0.4, 0.5) is 0 Å². The lowest BCUT2D eigenvalue weighted by molar-refractivity contribution is 0.237. The maximum Gasteiger partial charge on any atom is 0.137 e. The van der Waals surface area contributed by atoms with Gasteiger partial charge < -0.3 is 0 Å². The normalized spacial score (nSPS) is 10.0. The smallest absolute Gasteiger partial charge is 0.137 e. The summed E-state index contributed by atoms with van der Waals surface area (Å²) in [5.41, 5.74) is 1.04. The summed E-state index contributed by atoms with van der Waals surface area (Å²) < 4.78 is 3.62. The molecule has 150 valence electrons. The van der Waals surface area contributed by atoms with Crippen LogP contribution in [0.25, 0.3) is 0 Å². The molecule has 12 heteroatoms. The van der Waals surface area contributed by atoms with E-state index in [0.29, 0.717) is 10.0 Å². The zero-order valence-electron chi connectivity index (χ0n) is 14.2. The van der Waals surface area contributed by atoms with Gasteiger partial charge in [0.1, 0.15) is 25.3 Å². The van der Waals surface area contributed by atoms with E-state index in [2.05, 4.69) is 25.1 Å². The molecule has 3 aromatic rings. The van der Waals surface area contributed by atoms with Gasteiger partial charge in [-0.1, -0.05) is 29.3 Å². The summed E-state index contributed by atoms with van der Waals surface area (Å²) in [7, 11) is 0. The van der Waals surface area contributed by atoms with Gasteiger partial charge in [0.15, 0.2) is 0 Å². The van der Waals surface area contributed by atoms with E-state index in [1.165, 1.54) is 12.7 Å². The number of benzene rings is 1. The van der Waals surface area contributed by atoms with Crippen molar-refractivity contribution in [3.63, 3.8) is 0 Å². The van der Waals surface area contributed by atoms with Crippen LogP contribution in [0.2, 0.25) is 10.0 Å². The molecule has 0 spiro atoms. The third kappa shape index (κ3) is 8.21. The van der Waals surface area contributed by atoms with Gasteiger partial charge in [-0.05, 0) is 17.7 Å². The maximum atomic E-state index is 6.31. The van der Waals surface area contributed by atoms with Crippen molar-refractivity contribution in [3.8, 4) is 0 Å². The molecule has 0 saturated heterocycles. The van der Waals surface area contributed by atoms with Crippen LogP contribution in [0, 0.1) is 0 Å². The summed E-state index contributed by atoms with van der Waals surface area (Å²) in [5.74, 6) is 0. The fraction of sp³-hybridized carbons (Fsp3) is 0.333. The standard InChI is InChI=1S/C15H17Cl2N7.3ClH/c16-14-2-1-13(15(17)7-14)8-22(3-5-23-11-18-9-20-23)4-6-24-12-19-10-21-24;;;/h1-2,7,9-12H,3-6,8H2;3*1H. The molecule has 0 aliphatic heterocycles. The van der Waals surface area contributed by atoms with Gasteiger partial charge in [0.05, 0.1) is 13.1 Å². The first-order valence-electron chi connectivity index (χ1n) is 7.52. The van der Waals surface area contributed by atoms with Crippen molar-refractivity contribution < 1.29 is 0 Å². The largest absolute Gasteiger partial charge is 0.295 e. The van der Waals surface area contributed by atoms with Gasteiger partial charge in [0.25, 0.3) is 0 Å². The van der Waals surface area contributed by atoms with Crippen molar-refractivity contribution in [1.29, 1.82) is 0 Å². The Balaban J connectivity index is 0.00000225. The van der Waals surface area contributed by atoms with Crippen molar-refractivity contribution in [3.05, 3.63) is 59.1 Å². The van der Waals surface area contributed by atoms with Crippen molar-refractivity contribution >= 4 is 60.4 Å². The van der Waals surface area contributed by atoms with Gasteiger partial charge in [-0.25, -0.2) is 9.97 Å². The average Bonchev–Trinajstić information content (AvgIpc) is 3.26. The van der Waals surface area contributed by atoms with Crippen LogP contribution < -0.4 is 0 Å². The van der Waals surface area contributed by atoms with Gasteiger partial charge in [-0.3, -0.25) is 14.3 Å². The third-order valence-corrected chi connectivity index (χ3v) is 4.22. The molecule has 0 unspecified atom stereocenters. The predicted octanol–water partition coefficient (Wildman–Crippen LogP) is 3.64. The summed E-state index contributed by atoms with van der Waals surface area (Å²) in [6.07, 6.45) is 6.50. The van der Waals surface area contributed by atoms with Crippen LogP contribution in [0.5, 0.6) is 0 Å². The highest BCUT2D eigenvalue weighted by molar-refractivity contribution is 6.35. The zero-order chi connectivity index (χ0) is 16.8. The van der Waals surface area contributed by atoms with Crippen molar-refractivity contribution in [2.45, 2.75) is 19.6 Å². The second-order valence-corrected chi connectivity index (χ2v) is 6.17. The molecule has 27 heavy (non-hydrogen) atoms. The molecule has 3 rings (SSSR count). The summed E-state index contributed by atoms with van der Waals surface area (Å²) >= 11 is 12.3. The lowest BCUT2D eigenvalue weighted by atomic mass is 10.2. The Labute approximate surface area is 186 Å². The van der Waals surface area contributed by atoms with Crippen LogP contribution in [0.3, 0.4) is 0 Å². The Kier molecular flexibility index (Phi) is 12.6. The van der Waals surface area contributed by atoms with E-state index < -0.39 is 0 Å². The summed E-state index contributed by atoms with van der Waals surface area (Å²) in [5, 5.41) is 9.60. The Hall–Kier alpha value is -1.09. The minimum atomic E-state index is 0. The van der Waals surface area contributed by atoms with Gasteiger partial charge in [0, 0.05) is 29.7 Å². The topological polar surface area (TPSA) is 64.7 Å². The fourth-order valence-corrected chi connectivity index (χ4v) is 2.81. The number of hydrogen-bond donors (Lipinski definition) is 0. The number of halogens is 5. The second kappa shape index (κ2) is 13.1. The minimum absolute atomic E-state index is 0. The summed E-state index contributed by atoms with van der Waals surface area (Å²) in [6, 6.07) is 5.59. The molecule has 1 aromatic carbocycles. The fourth-order valence-electron chi connectivity index (χ4n) is 2.34. The third-order valence-electron chi connectivity index (χ3n) is 3.63. The van der Waals surface area contributed by atoms with Crippen LogP contribution in [0.15, 0.2) is 43.5 Å². The molecule has 2 aromatic heterocycles. The Morgan fingerprint density at radius 1 is 0.852 bits per heavy atom. The van der Waals surface area contributed by atoms with Crippen molar-refractivity contribution in [1.82, 2.24) is 34.4 Å². The van der Waals surface area contributed by atoms with E-state index in [-0.39, 0.29) is 37.2 Å². The number of nitrogens with zero attached hydrogens (tertiary/aromatic N) is 7. The molecule has 0 aliphatic carbocycles. The van der Waals surface area contributed by atoms with Gasteiger partial charge >= 0.3 is 0 Å². The molecule has 0 saturated carbocycles. The molecular weight excluding hydrogens is 455 g/mol. The zero-order valence-corrected chi connectivity index (χ0v) is 18.1. The number of aromatic nitrogens is 6. The Morgan fingerprint density at radius 2 is 1.41 bits per heavy atom. The van der Waals surface area contributed by atoms with Gasteiger partial charge in [-0.15, -0.1) is 37.2 Å². The molecule has 0 atom stereocenters. The molecule has 2 heterocycles. The highest BCUT2D eigenvalue weighted by Gasteiger charge is 2.10. The van der Waals surface area contributed by atoms with Crippen molar-refractivity contribution in [2.75, 3.05) is 13.1 Å². The number of rotatable bonds is 8. The van der Waals surface area contributed by atoms with E-state index in [4.69, 9.17) is 23.2 Å². The monoisotopic (exact) mass is 473 g/mol. The predicted molar refractivity (Wildman–Crippen MR) is 114 cm³/mol. The average molecular weight is 476 g/mol. The van der Waals surface area contributed by atoms with Crippen LogP contribution >= 0.6 is 60.4 Å². The van der Waals surface area contributed by atoms with Crippen LogP contribution in [-0.4, -0.2) is 47.5 Å². The molecule has 0 bridgehead atoms. The molecule has 0 fully saturated rings. The van der Waals surface area contributed by atoms with Crippen molar-refractivity contribution in [2.24, 2.45) is 0 Å². The van der Waals surface area contributed by atoms with E-state index >= 15 is 0 Å². The molecule has 0 aliphatic rings. The minimum Gasteiger partial charge on any atom is -0.295 e. The Morgan fingerprint density at radius 3 is 1.85 bits per heavy atom. The van der Waals surface area contributed by atoms with Crippen LogP contribution in [0.1, 0.15) is 5.56 Å². The second-order valence-electron chi connectivity index (χ2n) is 5.33. The van der Waals surface area contributed by atoms with Crippen LogP contribution in [-0.2, 0) is 19.6 Å².